The van der Waals surface area contributed by atoms with Crippen molar-refractivity contribution in [2.75, 3.05) is 12.4 Å². The molecule has 1 amide bonds. The number of rotatable bonds is 4. The predicted molar refractivity (Wildman–Crippen MR) is 92.5 cm³/mol. The largest absolute Gasteiger partial charge is 0.497 e. The first-order valence-electron chi connectivity index (χ1n) is 6.56. The molecular formula is C16H15ClN2O2S. The van der Waals surface area contributed by atoms with Crippen LogP contribution >= 0.6 is 23.8 Å². The fourth-order valence-electron chi connectivity index (χ4n) is 1.83. The molecule has 0 saturated carbocycles. The Morgan fingerprint density at radius 1 is 1.23 bits per heavy atom. The summed E-state index contributed by atoms with van der Waals surface area (Å²) >= 11 is 11.0. The van der Waals surface area contributed by atoms with E-state index in [-0.39, 0.29) is 17.4 Å². The summed E-state index contributed by atoms with van der Waals surface area (Å²) in [4.78, 5) is 11.9. The number of thiocarbonyl (C=S) groups is 1. The fraction of sp³-hybridized carbons (Fsp3) is 0.125. The normalized spacial score (nSPS) is 9.91. The Morgan fingerprint density at radius 3 is 2.59 bits per heavy atom. The van der Waals surface area contributed by atoms with Crippen LogP contribution in [0.5, 0.6) is 5.75 Å². The zero-order valence-electron chi connectivity index (χ0n) is 11.9. The van der Waals surface area contributed by atoms with Crippen molar-refractivity contribution in [2.45, 2.75) is 6.42 Å². The maximum atomic E-state index is 11.9. The third-order valence-corrected chi connectivity index (χ3v) is 3.30. The number of nitrogens with one attached hydrogen (secondary N) is 2. The zero-order chi connectivity index (χ0) is 15.9. The summed E-state index contributed by atoms with van der Waals surface area (Å²) in [7, 11) is 1.60. The van der Waals surface area contributed by atoms with Gasteiger partial charge in [-0.2, -0.15) is 0 Å². The molecule has 0 aliphatic heterocycles. The average Bonchev–Trinajstić information content (AvgIpc) is 2.47. The van der Waals surface area contributed by atoms with Gasteiger partial charge in [0.2, 0.25) is 5.91 Å². The number of hydrogen-bond donors (Lipinski definition) is 2. The highest BCUT2D eigenvalue weighted by atomic mass is 35.5. The third-order valence-electron chi connectivity index (χ3n) is 2.86. The van der Waals surface area contributed by atoms with Gasteiger partial charge in [-0.1, -0.05) is 29.8 Å². The second kappa shape index (κ2) is 7.77. The summed E-state index contributed by atoms with van der Waals surface area (Å²) in [5, 5.41) is 6.38. The first-order valence-corrected chi connectivity index (χ1v) is 7.35. The number of ether oxygens (including phenoxy) is 1. The number of hydrogen-bond acceptors (Lipinski definition) is 3. The quantitative estimate of drug-likeness (QED) is 0.841. The van der Waals surface area contributed by atoms with E-state index in [0.717, 1.165) is 17.0 Å². The highest BCUT2D eigenvalue weighted by molar-refractivity contribution is 7.80. The molecule has 0 aliphatic carbocycles. The smallest absolute Gasteiger partial charge is 0.230 e. The molecule has 114 valence electrons. The Labute approximate surface area is 139 Å². The molecule has 0 spiro atoms. The lowest BCUT2D eigenvalue weighted by Gasteiger charge is -2.10. The fourth-order valence-corrected chi connectivity index (χ4v) is 2.25. The molecule has 0 heterocycles. The van der Waals surface area contributed by atoms with E-state index in [1.807, 2.05) is 30.3 Å². The average molecular weight is 335 g/mol. The number of carbonyl (C=O) groups is 1. The summed E-state index contributed by atoms with van der Waals surface area (Å²) in [6.45, 7) is 0. The van der Waals surface area contributed by atoms with Gasteiger partial charge in [0.25, 0.3) is 0 Å². The summed E-state index contributed by atoms with van der Waals surface area (Å²) in [5.41, 5.74) is 1.60. The molecule has 0 aromatic heterocycles. The molecule has 0 saturated heterocycles. The number of anilines is 1. The minimum Gasteiger partial charge on any atom is -0.497 e. The van der Waals surface area contributed by atoms with Crippen LogP contribution in [0.2, 0.25) is 5.02 Å². The SMILES string of the molecule is COc1ccc(CC(=O)NC(=S)Nc2cccc(Cl)c2)cc1. The van der Waals surface area contributed by atoms with Gasteiger partial charge in [-0.05, 0) is 48.1 Å². The highest BCUT2D eigenvalue weighted by Gasteiger charge is 2.06. The van der Waals surface area contributed by atoms with Gasteiger partial charge in [-0.15, -0.1) is 0 Å². The van der Waals surface area contributed by atoms with Crippen LogP contribution in [0.4, 0.5) is 5.69 Å². The van der Waals surface area contributed by atoms with Crippen LogP contribution in [-0.2, 0) is 11.2 Å². The van der Waals surface area contributed by atoms with Gasteiger partial charge in [0.05, 0.1) is 13.5 Å². The molecule has 2 rings (SSSR count). The molecule has 0 bridgehead atoms. The van der Waals surface area contributed by atoms with Crippen molar-refractivity contribution in [1.82, 2.24) is 5.32 Å². The van der Waals surface area contributed by atoms with Crippen molar-refractivity contribution in [3.05, 3.63) is 59.1 Å². The number of amides is 1. The summed E-state index contributed by atoms with van der Waals surface area (Å²) < 4.78 is 5.07. The lowest BCUT2D eigenvalue weighted by atomic mass is 10.1. The maximum Gasteiger partial charge on any atom is 0.230 e. The van der Waals surface area contributed by atoms with Gasteiger partial charge in [0.1, 0.15) is 5.75 Å². The Morgan fingerprint density at radius 2 is 1.95 bits per heavy atom. The van der Waals surface area contributed by atoms with E-state index in [9.17, 15) is 4.79 Å². The van der Waals surface area contributed by atoms with Crippen LogP contribution in [-0.4, -0.2) is 18.1 Å². The molecule has 0 unspecified atom stereocenters. The van der Waals surface area contributed by atoms with Crippen molar-refractivity contribution in [3.63, 3.8) is 0 Å². The second-order valence-electron chi connectivity index (χ2n) is 4.54. The summed E-state index contributed by atoms with van der Waals surface area (Å²) in [5.74, 6) is 0.562. The number of carbonyl (C=O) groups excluding carboxylic acids is 1. The van der Waals surface area contributed by atoms with Crippen LogP contribution in [0.1, 0.15) is 5.56 Å². The van der Waals surface area contributed by atoms with Crippen molar-refractivity contribution < 1.29 is 9.53 Å². The molecule has 6 heteroatoms. The van der Waals surface area contributed by atoms with Crippen LogP contribution in [0.15, 0.2) is 48.5 Å². The monoisotopic (exact) mass is 334 g/mol. The first kappa shape index (κ1) is 16.3. The van der Waals surface area contributed by atoms with Crippen LogP contribution in [0.25, 0.3) is 0 Å². The predicted octanol–water partition coefficient (Wildman–Crippen LogP) is 3.40. The van der Waals surface area contributed by atoms with Crippen LogP contribution < -0.4 is 15.4 Å². The van der Waals surface area contributed by atoms with E-state index in [2.05, 4.69) is 10.6 Å². The van der Waals surface area contributed by atoms with Crippen LogP contribution in [0, 0.1) is 0 Å². The Kier molecular flexibility index (Phi) is 5.75. The number of halogens is 1. The minimum absolute atomic E-state index is 0.190. The topological polar surface area (TPSA) is 50.4 Å². The van der Waals surface area contributed by atoms with Gasteiger partial charge in [0.15, 0.2) is 5.11 Å². The molecule has 4 nitrogen and oxygen atoms in total. The number of benzene rings is 2. The molecule has 2 aromatic rings. The molecule has 0 atom stereocenters. The summed E-state index contributed by atoms with van der Waals surface area (Å²) in [6, 6.07) is 14.4. The summed E-state index contributed by atoms with van der Waals surface area (Å²) in [6.07, 6.45) is 0.237. The van der Waals surface area contributed by atoms with Gasteiger partial charge in [-0.25, -0.2) is 0 Å². The van der Waals surface area contributed by atoms with E-state index >= 15 is 0 Å². The molecule has 22 heavy (non-hydrogen) atoms. The van der Waals surface area contributed by atoms with Crippen LogP contribution in [0.3, 0.4) is 0 Å². The van der Waals surface area contributed by atoms with E-state index in [4.69, 9.17) is 28.6 Å². The lowest BCUT2D eigenvalue weighted by Crippen LogP contribution is -2.35. The maximum absolute atomic E-state index is 11.9. The molecule has 0 radical (unpaired) electrons. The van der Waals surface area contributed by atoms with Gasteiger partial charge >= 0.3 is 0 Å². The van der Waals surface area contributed by atoms with E-state index in [0.29, 0.717) is 5.02 Å². The lowest BCUT2D eigenvalue weighted by molar-refractivity contribution is -0.119. The van der Waals surface area contributed by atoms with Crippen molar-refractivity contribution >= 4 is 40.5 Å². The van der Waals surface area contributed by atoms with E-state index in [1.54, 1.807) is 25.3 Å². The third kappa shape index (κ3) is 5.02. The molecule has 0 fully saturated rings. The van der Waals surface area contributed by atoms with E-state index < -0.39 is 0 Å². The number of methoxy groups -OCH3 is 1. The van der Waals surface area contributed by atoms with Gasteiger partial charge in [-0.3, -0.25) is 4.79 Å². The molecule has 0 aliphatic rings. The molecule has 2 N–H and O–H groups in total. The zero-order valence-corrected chi connectivity index (χ0v) is 13.5. The van der Waals surface area contributed by atoms with Crippen molar-refractivity contribution in [2.24, 2.45) is 0 Å². The Bertz CT molecular complexity index is 674. The van der Waals surface area contributed by atoms with Gasteiger partial charge < -0.3 is 15.4 Å². The highest BCUT2D eigenvalue weighted by Crippen LogP contribution is 2.15. The van der Waals surface area contributed by atoms with Crippen molar-refractivity contribution in [3.8, 4) is 5.75 Å². The Balaban J connectivity index is 1.86. The minimum atomic E-state index is -0.190. The second-order valence-corrected chi connectivity index (χ2v) is 5.38. The van der Waals surface area contributed by atoms with E-state index in [1.165, 1.54) is 0 Å². The first-order chi connectivity index (χ1) is 10.6. The standard InChI is InChI=1S/C16H15ClN2O2S/c1-21-14-7-5-11(6-8-14)9-15(20)19-16(22)18-13-4-2-3-12(17)10-13/h2-8,10H,9H2,1H3,(H2,18,19,20,22). The van der Waals surface area contributed by atoms with Gasteiger partial charge in [0, 0.05) is 10.7 Å². The Hall–Kier alpha value is -2.11. The molecule has 2 aromatic carbocycles. The van der Waals surface area contributed by atoms with Crippen molar-refractivity contribution in [1.29, 1.82) is 0 Å². The molecular weight excluding hydrogens is 320 g/mol.